The number of nitrogens with one attached hydrogen (secondary N) is 2. The third kappa shape index (κ3) is 9.30. The minimum absolute atomic E-state index is 0.0668. The fourth-order valence-corrected chi connectivity index (χ4v) is 5.71. The standard InChI is InChI=1S/C25H33N5O5S.C2HF3O2/c1-19-5-3-4-6-23(19)36(33,34)27-21-17-20(7-8-22(21)29-11-9-26-10-12-29)25(32)28(2)18-24(31)30-13-15-35-16-14-30;3-2(4,5)1(6)7/h3-8,17,26-27H,9-16,18H2,1-2H3;(H,6,7). The van der Waals surface area contributed by atoms with E-state index in [1.54, 1.807) is 61.3 Å². The molecule has 12 nitrogen and oxygen atoms in total. The summed E-state index contributed by atoms with van der Waals surface area (Å²) >= 11 is 0. The molecule has 2 aliphatic heterocycles. The highest BCUT2D eigenvalue weighted by molar-refractivity contribution is 7.92. The number of nitrogens with zero attached hydrogens (tertiary/aromatic N) is 3. The summed E-state index contributed by atoms with van der Waals surface area (Å²) in [7, 11) is -2.32. The summed E-state index contributed by atoms with van der Waals surface area (Å²) in [5.41, 5.74) is 1.96. The first-order chi connectivity index (χ1) is 20.2. The first kappa shape index (κ1) is 33.6. The van der Waals surface area contributed by atoms with Crippen molar-refractivity contribution in [2.24, 2.45) is 0 Å². The second-order valence-electron chi connectivity index (χ2n) is 9.80. The van der Waals surface area contributed by atoms with Gasteiger partial charge in [0.25, 0.3) is 15.9 Å². The number of aryl methyl sites for hydroxylation is 1. The third-order valence-corrected chi connectivity index (χ3v) is 8.18. The summed E-state index contributed by atoms with van der Waals surface area (Å²) in [6.45, 7) is 6.63. The Morgan fingerprint density at radius 2 is 1.65 bits per heavy atom. The average Bonchev–Trinajstić information content (AvgIpc) is 2.97. The summed E-state index contributed by atoms with van der Waals surface area (Å²) in [6, 6.07) is 11.8. The van der Waals surface area contributed by atoms with E-state index in [4.69, 9.17) is 14.6 Å². The van der Waals surface area contributed by atoms with Gasteiger partial charge in [-0.1, -0.05) is 18.2 Å². The Bertz CT molecular complexity index is 1410. The van der Waals surface area contributed by atoms with Crippen LogP contribution in [0.15, 0.2) is 47.4 Å². The largest absolute Gasteiger partial charge is 0.490 e. The van der Waals surface area contributed by atoms with Crippen LogP contribution in [0.3, 0.4) is 0 Å². The molecule has 0 aromatic heterocycles. The molecule has 2 fully saturated rings. The number of ether oxygens (including phenoxy) is 1. The maximum Gasteiger partial charge on any atom is 0.490 e. The molecule has 0 spiro atoms. The SMILES string of the molecule is Cc1ccccc1S(=O)(=O)Nc1cc(C(=O)N(C)CC(=O)N2CCOCC2)ccc1N1CCNCC1.O=C(O)C(F)(F)F. The zero-order chi connectivity index (χ0) is 31.8. The van der Waals surface area contributed by atoms with Gasteiger partial charge in [-0.05, 0) is 36.8 Å². The smallest absolute Gasteiger partial charge is 0.475 e. The van der Waals surface area contributed by atoms with Gasteiger partial charge >= 0.3 is 12.1 Å². The molecule has 3 N–H and O–H groups in total. The number of carboxylic acid groups (broad SMARTS) is 1. The van der Waals surface area contributed by atoms with Gasteiger partial charge in [-0.15, -0.1) is 0 Å². The first-order valence-electron chi connectivity index (χ1n) is 13.3. The predicted octanol–water partition coefficient (Wildman–Crippen LogP) is 1.77. The normalized spacial score (nSPS) is 15.7. The van der Waals surface area contributed by atoms with Crippen LogP contribution in [0.4, 0.5) is 24.5 Å². The van der Waals surface area contributed by atoms with E-state index in [1.807, 2.05) is 0 Å². The van der Waals surface area contributed by atoms with Crippen molar-refractivity contribution in [3.63, 3.8) is 0 Å². The Morgan fingerprint density at radius 3 is 2.23 bits per heavy atom. The van der Waals surface area contributed by atoms with E-state index >= 15 is 0 Å². The second kappa shape index (κ2) is 14.5. The molecule has 4 rings (SSSR count). The summed E-state index contributed by atoms with van der Waals surface area (Å²) < 4.78 is 66.3. The van der Waals surface area contributed by atoms with Gasteiger partial charge in [0.2, 0.25) is 5.91 Å². The highest BCUT2D eigenvalue weighted by Crippen LogP contribution is 2.31. The van der Waals surface area contributed by atoms with Crippen LogP contribution in [0.5, 0.6) is 0 Å². The molecule has 2 saturated heterocycles. The van der Waals surface area contributed by atoms with Crippen LogP contribution in [0.25, 0.3) is 0 Å². The Balaban J connectivity index is 0.000000646. The average molecular weight is 630 g/mol. The van der Waals surface area contributed by atoms with Crippen molar-refractivity contribution in [2.45, 2.75) is 18.0 Å². The maximum atomic E-state index is 13.3. The summed E-state index contributed by atoms with van der Waals surface area (Å²) in [5, 5.41) is 10.4. The van der Waals surface area contributed by atoms with Crippen molar-refractivity contribution < 1.29 is 45.8 Å². The molecule has 43 heavy (non-hydrogen) atoms. The van der Waals surface area contributed by atoms with Crippen LogP contribution < -0.4 is 14.9 Å². The minimum atomic E-state index is -5.08. The number of halogens is 3. The van der Waals surface area contributed by atoms with E-state index in [0.29, 0.717) is 61.9 Å². The van der Waals surface area contributed by atoms with Crippen molar-refractivity contribution >= 4 is 39.2 Å². The van der Waals surface area contributed by atoms with Crippen LogP contribution in [0.1, 0.15) is 15.9 Å². The van der Waals surface area contributed by atoms with Crippen LogP contribution in [0, 0.1) is 6.92 Å². The number of carboxylic acids is 1. The topological polar surface area (TPSA) is 149 Å². The Morgan fingerprint density at radius 1 is 1.05 bits per heavy atom. The van der Waals surface area contributed by atoms with Crippen LogP contribution in [0.2, 0.25) is 0 Å². The van der Waals surface area contributed by atoms with Gasteiger partial charge in [-0.3, -0.25) is 14.3 Å². The second-order valence-corrected chi connectivity index (χ2v) is 11.4. The number of hydrogen-bond acceptors (Lipinski definition) is 8. The molecule has 2 heterocycles. The van der Waals surface area contributed by atoms with E-state index in [-0.39, 0.29) is 23.3 Å². The van der Waals surface area contributed by atoms with Gasteiger partial charge in [0.15, 0.2) is 0 Å². The number of alkyl halides is 3. The number of carbonyl (C=O) groups excluding carboxylic acids is 2. The van der Waals surface area contributed by atoms with E-state index in [2.05, 4.69) is 14.9 Å². The highest BCUT2D eigenvalue weighted by Gasteiger charge is 2.38. The number of carbonyl (C=O) groups is 3. The lowest BCUT2D eigenvalue weighted by Gasteiger charge is -2.31. The number of rotatable bonds is 7. The zero-order valence-corrected chi connectivity index (χ0v) is 24.5. The van der Waals surface area contributed by atoms with Gasteiger partial charge < -0.3 is 29.9 Å². The lowest BCUT2D eigenvalue weighted by molar-refractivity contribution is -0.192. The number of aliphatic carboxylic acids is 1. The van der Waals surface area contributed by atoms with Crippen molar-refractivity contribution in [1.29, 1.82) is 0 Å². The highest BCUT2D eigenvalue weighted by atomic mass is 32.2. The first-order valence-corrected chi connectivity index (χ1v) is 14.8. The molecular formula is C27H34F3N5O7S. The van der Waals surface area contributed by atoms with Gasteiger partial charge in [0, 0.05) is 51.9 Å². The number of likely N-dealkylation sites (N-methyl/N-ethyl adjacent to an activating group) is 1. The number of sulfonamides is 1. The van der Waals surface area contributed by atoms with E-state index in [1.165, 1.54) is 4.90 Å². The molecule has 2 aromatic rings. The van der Waals surface area contributed by atoms with Crippen LogP contribution in [-0.2, 0) is 24.3 Å². The van der Waals surface area contributed by atoms with Gasteiger partial charge in [-0.25, -0.2) is 13.2 Å². The van der Waals surface area contributed by atoms with Crippen LogP contribution >= 0.6 is 0 Å². The molecule has 0 radical (unpaired) electrons. The number of morpholine rings is 1. The molecule has 2 amide bonds. The van der Waals surface area contributed by atoms with Gasteiger partial charge in [-0.2, -0.15) is 13.2 Å². The molecule has 2 aliphatic rings. The number of anilines is 2. The van der Waals surface area contributed by atoms with E-state index < -0.39 is 22.2 Å². The Labute approximate surface area is 247 Å². The summed E-state index contributed by atoms with van der Waals surface area (Å²) in [5.74, 6) is -3.26. The minimum Gasteiger partial charge on any atom is -0.475 e. The van der Waals surface area contributed by atoms with Crippen molar-refractivity contribution in [3.05, 3.63) is 53.6 Å². The number of hydrogen-bond donors (Lipinski definition) is 3. The molecule has 2 aromatic carbocycles. The lowest BCUT2D eigenvalue weighted by Crippen LogP contribution is -2.46. The molecule has 0 saturated carbocycles. The quantitative estimate of drug-likeness (QED) is 0.417. The number of piperazine rings is 1. The number of amides is 2. The monoisotopic (exact) mass is 629 g/mol. The fourth-order valence-electron chi connectivity index (χ4n) is 4.40. The Kier molecular flexibility index (Phi) is 11.4. The lowest BCUT2D eigenvalue weighted by atomic mass is 10.1. The third-order valence-electron chi connectivity index (χ3n) is 6.65. The van der Waals surface area contributed by atoms with Crippen molar-refractivity contribution in [1.82, 2.24) is 15.1 Å². The fraction of sp³-hybridized carbons (Fsp3) is 0.444. The molecule has 0 unspecified atom stereocenters. The molecule has 0 bridgehead atoms. The molecule has 236 valence electrons. The summed E-state index contributed by atoms with van der Waals surface area (Å²) in [4.78, 5) is 40.1. The predicted molar refractivity (Wildman–Crippen MR) is 152 cm³/mol. The van der Waals surface area contributed by atoms with Gasteiger partial charge in [0.05, 0.1) is 36.0 Å². The number of benzene rings is 2. The zero-order valence-electron chi connectivity index (χ0n) is 23.7. The molecule has 16 heteroatoms. The van der Waals surface area contributed by atoms with Crippen molar-refractivity contribution in [2.75, 3.05) is 75.7 Å². The van der Waals surface area contributed by atoms with Crippen molar-refractivity contribution in [3.8, 4) is 0 Å². The van der Waals surface area contributed by atoms with Gasteiger partial charge in [0.1, 0.15) is 0 Å². The molecule has 0 aliphatic carbocycles. The molecule has 0 atom stereocenters. The van der Waals surface area contributed by atoms with Crippen LogP contribution in [-0.4, -0.2) is 113 Å². The Hall–Kier alpha value is -3.89. The van der Waals surface area contributed by atoms with E-state index in [0.717, 1.165) is 13.1 Å². The maximum absolute atomic E-state index is 13.3. The van der Waals surface area contributed by atoms with E-state index in [9.17, 15) is 31.2 Å². The summed E-state index contributed by atoms with van der Waals surface area (Å²) in [6.07, 6.45) is -5.08. The molecular weight excluding hydrogens is 595 g/mol.